The summed E-state index contributed by atoms with van der Waals surface area (Å²) in [4.78, 5) is 24.0. The van der Waals surface area contributed by atoms with Gasteiger partial charge in [0.1, 0.15) is 28.6 Å². The van der Waals surface area contributed by atoms with Crippen molar-refractivity contribution in [3.05, 3.63) is 34.4 Å². The van der Waals surface area contributed by atoms with Crippen LogP contribution in [0.3, 0.4) is 0 Å². The van der Waals surface area contributed by atoms with E-state index in [-0.39, 0.29) is 12.4 Å². The van der Waals surface area contributed by atoms with Crippen LogP contribution in [0.25, 0.3) is 10.8 Å². The number of fused-ring (bicyclic) bond motifs is 1. The van der Waals surface area contributed by atoms with Gasteiger partial charge in [0.15, 0.2) is 0 Å². The van der Waals surface area contributed by atoms with Crippen LogP contribution in [0.2, 0.25) is 0 Å². The number of hydrogen-bond donors (Lipinski definition) is 0. The number of benzene rings is 1. The Morgan fingerprint density at radius 2 is 1.95 bits per heavy atom. The molecule has 6 heteroatoms. The van der Waals surface area contributed by atoms with Gasteiger partial charge in [0.2, 0.25) is 0 Å². The molecule has 0 amide bonds. The summed E-state index contributed by atoms with van der Waals surface area (Å²) in [6, 6.07) is 4.92. The maximum Gasteiger partial charge on any atom is 0.347 e. The second-order valence-electron chi connectivity index (χ2n) is 4.70. The van der Waals surface area contributed by atoms with Gasteiger partial charge in [0, 0.05) is 6.07 Å². The van der Waals surface area contributed by atoms with Crippen LogP contribution in [0, 0.1) is 0 Å². The molecule has 1 aromatic heterocycles. The molecule has 0 N–H and O–H groups in total. The van der Waals surface area contributed by atoms with Crippen LogP contribution in [-0.2, 0) is 9.53 Å². The quantitative estimate of drug-likeness (QED) is 0.790. The van der Waals surface area contributed by atoms with E-state index in [2.05, 4.69) is 0 Å². The van der Waals surface area contributed by atoms with E-state index in [1.807, 2.05) is 0 Å². The predicted octanol–water partition coefficient (Wildman–Crippen LogP) is 2.48. The second-order valence-corrected chi connectivity index (χ2v) is 4.70. The highest BCUT2D eigenvalue weighted by Gasteiger charge is 2.21. The molecule has 0 saturated heterocycles. The third-order valence-electron chi connectivity index (χ3n) is 3.34. The Morgan fingerprint density at radius 1 is 1.23 bits per heavy atom. The Kier molecular flexibility index (Phi) is 4.70. The van der Waals surface area contributed by atoms with Crippen molar-refractivity contribution in [3.8, 4) is 11.5 Å². The first-order chi connectivity index (χ1) is 10.5. The average Bonchev–Trinajstić information content (AvgIpc) is 2.52. The minimum absolute atomic E-state index is 0.242. The summed E-state index contributed by atoms with van der Waals surface area (Å²) in [6.45, 7) is 3.61. The van der Waals surface area contributed by atoms with Gasteiger partial charge in [-0.3, -0.25) is 4.79 Å². The minimum Gasteiger partial charge on any atom is -0.497 e. The van der Waals surface area contributed by atoms with Gasteiger partial charge in [0.05, 0.1) is 20.8 Å². The molecular formula is C16H18O6. The molecule has 0 aliphatic rings. The van der Waals surface area contributed by atoms with E-state index in [0.717, 1.165) is 0 Å². The lowest BCUT2D eigenvalue weighted by atomic mass is 10.1. The molecule has 0 bridgehead atoms. The van der Waals surface area contributed by atoms with E-state index < -0.39 is 17.5 Å². The first-order valence-corrected chi connectivity index (χ1v) is 6.88. The number of ether oxygens (including phenoxy) is 3. The van der Waals surface area contributed by atoms with Crippen molar-refractivity contribution in [1.82, 2.24) is 0 Å². The predicted molar refractivity (Wildman–Crippen MR) is 80.6 cm³/mol. The van der Waals surface area contributed by atoms with Crippen molar-refractivity contribution in [2.45, 2.75) is 19.8 Å². The fraction of sp³-hybridized carbons (Fsp3) is 0.375. The summed E-state index contributed by atoms with van der Waals surface area (Å²) < 4.78 is 20.6. The van der Waals surface area contributed by atoms with Crippen molar-refractivity contribution in [2.75, 3.05) is 20.8 Å². The summed E-state index contributed by atoms with van der Waals surface area (Å²) >= 11 is 0. The molecule has 22 heavy (non-hydrogen) atoms. The van der Waals surface area contributed by atoms with Gasteiger partial charge in [-0.05, 0) is 31.4 Å². The molecule has 118 valence electrons. The van der Waals surface area contributed by atoms with Crippen molar-refractivity contribution < 1.29 is 23.4 Å². The number of methoxy groups -OCH3 is 2. The van der Waals surface area contributed by atoms with E-state index in [0.29, 0.717) is 22.3 Å². The van der Waals surface area contributed by atoms with Crippen LogP contribution in [0.4, 0.5) is 0 Å². The van der Waals surface area contributed by atoms with Crippen LogP contribution < -0.4 is 15.1 Å². The maximum absolute atomic E-state index is 12.2. The molecule has 1 unspecified atom stereocenters. The zero-order valence-electron chi connectivity index (χ0n) is 13.0. The van der Waals surface area contributed by atoms with Gasteiger partial charge in [-0.1, -0.05) is 0 Å². The minimum atomic E-state index is -0.672. The van der Waals surface area contributed by atoms with E-state index in [1.165, 1.54) is 14.2 Å². The molecule has 0 aliphatic heterocycles. The SMILES string of the molecule is CCOC(=O)C(C)c1cc2cc(OC)cc(OC)c2c(=O)o1. The summed E-state index contributed by atoms with van der Waals surface area (Å²) in [5.74, 6) is 0.0310. The monoisotopic (exact) mass is 306 g/mol. The smallest absolute Gasteiger partial charge is 0.347 e. The van der Waals surface area contributed by atoms with E-state index >= 15 is 0 Å². The second kappa shape index (κ2) is 6.51. The topological polar surface area (TPSA) is 75.0 Å². The van der Waals surface area contributed by atoms with Crippen molar-refractivity contribution in [1.29, 1.82) is 0 Å². The first-order valence-electron chi connectivity index (χ1n) is 6.88. The Hall–Kier alpha value is -2.50. The number of carbonyl (C=O) groups is 1. The Bertz CT molecular complexity index is 746. The summed E-state index contributed by atoms with van der Waals surface area (Å²) in [6.07, 6.45) is 0. The van der Waals surface area contributed by atoms with Gasteiger partial charge in [-0.15, -0.1) is 0 Å². The Morgan fingerprint density at radius 3 is 2.55 bits per heavy atom. The van der Waals surface area contributed by atoms with E-state index in [9.17, 15) is 9.59 Å². The van der Waals surface area contributed by atoms with Crippen molar-refractivity contribution in [3.63, 3.8) is 0 Å². The molecule has 1 aromatic carbocycles. The zero-order valence-corrected chi connectivity index (χ0v) is 13.0. The third kappa shape index (κ3) is 2.90. The largest absolute Gasteiger partial charge is 0.497 e. The first kappa shape index (κ1) is 15.9. The third-order valence-corrected chi connectivity index (χ3v) is 3.34. The molecule has 0 fully saturated rings. The summed E-state index contributed by atoms with van der Waals surface area (Å²) in [7, 11) is 2.98. The van der Waals surface area contributed by atoms with Gasteiger partial charge < -0.3 is 18.6 Å². The number of carbonyl (C=O) groups excluding carboxylic acids is 1. The molecule has 1 heterocycles. The van der Waals surface area contributed by atoms with E-state index in [1.54, 1.807) is 32.0 Å². The molecule has 0 aliphatic carbocycles. The van der Waals surface area contributed by atoms with Crippen LogP contribution in [0.1, 0.15) is 25.5 Å². The Labute approximate surface area is 127 Å². The van der Waals surface area contributed by atoms with Crippen LogP contribution in [-0.4, -0.2) is 26.8 Å². The molecule has 2 aromatic rings. The number of esters is 1. The molecule has 0 radical (unpaired) electrons. The fourth-order valence-corrected chi connectivity index (χ4v) is 2.16. The normalized spacial score (nSPS) is 12.0. The summed E-state index contributed by atoms with van der Waals surface area (Å²) in [5, 5.41) is 0.890. The molecule has 1 atom stereocenters. The van der Waals surface area contributed by atoms with Gasteiger partial charge in [-0.25, -0.2) is 4.79 Å². The van der Waals surface area contributed by atoms with E-state index in [4.69, 9.17) is 18.6 Å². The van der Waals surface area contributed by atoms with Crippen LogP contribution in [0.15, 0.2) is 27.4 Å². The molecule has 0 saturated carbocycles. The molecule has 2 rings (SSSR count). The average molecular weight is 306 g/mol. The number of rotatable bonds is 5. The molecule has 0 spiro atoms. The van der Waals surface area contributed by atoms with Gasteiger partial charge in [-0.2, -0.15) is 0 Å². The number of hydrogen-bond acceptors (Lipinski definition) is 6. The molecule has 6 nitrogen and oxygen atoms in total. The fourth-order valence-electron chi connectivity index (χ4n) is 2.16. The van der Waals surface area contributed by atoms with Crippen molar-refractivity contribution in [2.24, 2.45) is 0 Å². The molecular weight excluding hydrogens is 288 g/mol. The Balaban J connectivity index is 2.61. The van der Waals surface area contributed by atoms with Crippen molar-refractivity contribution >= 4 is 16.7 Å². The maximum atomic E-state index is 12.2. The standard InChI is InChI=1S/C16H18O6/c1-5-21-15(17)9(2)12-7-10-6-11(19-3)8-13(20-4)14(10)16(18)22-12/h6-9H,5H2,1-4H3. The zero-order chi connectivity index (χ0) is 16.3. The van der Waals surface area contributed by atoms with Gasteiger partial charge in [0.25, 0.3) is 0 Å². The lowest BCUT2D eigenvalue weighted by Crippen LogP contribution is -2.15. The lowest BCUT2D eigenvalue weighted by Gasteiger charge is -2.12. The van der Waals surface area contributed by atoms with Crippen LogP contribution >= 0.6 is 0 Å². The summed E-state index contributed by atoms with van der Waals surface area (Å²) in [5.41, 5.74) is -0.567. The van der Waals surface area contributed by atoms with Crippen LogP contribution in [0.5, 0.6) is 11.5 Å². The highest BCUT2D eigenvalue weighted by Crippen LogP contribution is 2.30. The lowest BCUT2D eigenvalue weighted by molar-refractivity contribution is -0.144. The highest BCUT2D eigenvalue weighted by molar-refractivity contribution is 5.89. The van der Waals surface area contributed by atoms with Gasteiger partial charge >= 0.3 is 11.6 Å². The highest BCUT2D eigenvalue weighted by atomic mass is 16.5.